The summed E-state index contributed by atoms with van der Waals surface area (Å²) in [6.45, 7) is 8.17. The molecule has 0 saturated carbocycles. The van der Waals surface area contributed by atoms with Crippen LogP contribution in [0.15, 0.2) is 35.8 Å². The molecule has 2 aromatic heterocycles. The first kappa shape index (κ1) is 24.7. The highest BCUT2D eigenvalue weighted by Crippen LogP contribution is 2.32. The quantitative estimate of drug-likeness (QED) is 0.484. The topological polar surface area (TPSA) is 83.4 Å². The first-order valence-corrected chi connectivity index (χ1v) is 13.3. The molecule has 4 rings (SSSR count). The van der Waals surface area contributed by atoms with Crippen LogP contribution in [0.5, 0.6) is 0 Å². The number of nitrogens with zero attached hydrogens (tertiary/aromatic N) is 3. The van der Waals surface area contributed by atoms with Crippen molar-refractivity contribution in [2.24, 2.45) is 5.92 Å². The molecular weight excluding hydrogens is 466 g/mol. The molecule has 1 aliphatic rings. The molecule has 1 aromatic carbocycles. The van der Waals surface area contributed by atoms with Crippen LogP contribution in [0.25, 0.3) is 10.4 Å². The molecule has 1 amide bonds. The lowest BCUT2D eigenvalue weighted by Crippen LogP contribution is -2.44. The third-order valence-electron chi connectivity index (χ3n) is 6.45. The summed E-state index contributed by atoms with van der Waals surface area (Å²) in [5.74, 6) is -0.472. The zero-order valence-corrected chi connectivity index (χ0v) is 21.7. The van der Waals surface area contributed by atoms with Crippen molar-refractivity contribution in [1.82, 2.24) is 14.3 Å². The van der Waals surface area contributed by atoms with Gasteiger partial charge in [-0.2, -0.15) is 4.37 Å². The average molecular weight is 498 g/mol. The minimum atomic E-state index is -0.676. The summed E-state index contributed by atoms with van der Waals surface area (Å²) in [4.78, 5) is 34.8. The van der Waals surface area contributed by atoms with Crippen LogP contribution in [0.4, 0.5) is 0 Å². The Morgan fingerprint density at radius 1 is 1.21 bits per heavy atom. The van der Waals surface area contributed by atoms with Crippen molar-refractivity contribution in [3.05, 3.63) is 57.7 Å². The smallest absolute Gasteiger partial charge is 0.232 e. The minimum Gasteiger partial charge on any atom is -0.391 e. The fourth-order valence-electron chi connectivity index (χ4n) is 4.66. The number of amides is 1. The number of carbonyl (C=O) groups excluding carboxylic acids is 2. The minimum absolute atomic E-state index is 0.00393. The maximum absolute atomic E-state index is 13.5. The maximum Gasteiger partial charge on any atom is 0.232 e. The summed E-state index contributed by atoms with van der Waals surface area (Å²) in [5, 5.41) is 10.3. The van der Waals surface area contributed by atoms with Crippen LogP contribution in [-0.4, -0.2) is 49.7 Å². The Hall–Kier alpha value is -2.42. The molecule has 8 heteroatoms. The van der Waals surface area contributed by atoms with E-state index in [1.807, 2.05) is 51.4 Å². The van der Waals surface area contributed by atoms with Gasteiger partial charge in [-0.1, -0.05) is 38.1 Å². The Balaban J connectivity index is 1.43. The highest BCUT2D eigenvalue weighted by Gasteiger charge is 2.42. The zero-order chi connectivity index (χ0) is 24.4. The monoisotopic (exact) mass is 497 g/mol. The second-order valence-electron chi connectivity index (χ2n) is 9.41. The SMILES string of the molecule is Cc1cc([C@H](C(=O)N2C[C@H](O)C[C@H]2C(=O)CCc2ccc(-c3scnc3C)cc2)C(C)C)ns1. The number of hydrogen-bond acceptors (Lipinski definition) is 7. The molecule has 3 heterocycles. The number of carbonyl (C=O) groups is 2. The van der Waals surface area contributed by atoms with E-state index in [4.69, 9.17) is 0 Å². The van der Waals surface area contributed by atoms with Crippen molar-refractivity contribution in [3.63, 3.8) is 0 Å². The molecule has 0 spiro atoms. The number of likely N-dealkylation sites (tertiary alicyclic amines) is 1. The van der Waals surface area contributed by atoms with E-state index >= 15 is 0 Å². The van der Waals surface area contributed by atoms with Crippen molar-refractivity contribution >= 4 is 34.6 Å². The maximum atomic E-state index is 13.5. The fourth-order valence-corrected chi connectivity index (χ4v) is 6.06. The number of aliphatic hydroxyl groups is 1. The van der Waals surface area contributed by atoms with Crippen LogP contribution in [0, 0.1) is 19.8 Å². The van der Waals surface area contributed by atoms with Gasteiger partial charge in [0.1, 0.15) is 0 Å². The largest absolute Gasteiger partial charge is 0.391 e. The van der Waals surface area contributed by atoms with Gasteiger partial charge >= 0.3 is 0 Å². The van der Waals surface area contributed by atoms with Crippen molar-refractivity contribution in [2.45, 2.75) is 65.0 Å². The Bertz CT molecular complexity index is 1150. The number of aryl methyl sites for hydroxylation is 3. The number of ketones is 1. The molecule has 1 N–H and O–H groups in total. The Labute approximate surface area is 208 Å². The first-order chi connectivity index (χ1) is 16.2. The summed E-state index contributed by atoms with van der Waals surface area (Å²) >= 11 is 3.00. The Kier molecular flexibility index (Phi) is 7.60. The summed E-state index contributed by atoms with van der Waals surface area (Å²) < 4.78 is 4.47. The van der Waals surface area contributed by atoms with Crippen LogP contribution < -0.4 is 0 Å². The van der Waals surface area contributed by atoms with E-state index in [-0.39, 0.29) is 24.2 Å². The van der Waals surface area contributed by atoms with Gasteiger partial charge in [0, 0.05) is 24.3 Å². The van der Waals surface area contributed by atoms with Crippen LogP contribution >= 0.6 is 22.9 Å². The lowest BCUT2D eigenvalue weighted by atomic mass is 9.90. The van der Waals surface area contributed by atoms with Gasteiger partial charge in [0.15, 0.2) is 5.78 Å². The molecule has 6 nitrogen and oxygen atoms in total. The van der Waals surface area contributed by atoms with Crippen LogP contribution in [0.3, 0.4) is 0 Å². The van der Waals surface area contributed by atoms with E-state index in [9.17, 15) is 14.7 Å². The number of aromatic nitrogens is 2. The summed E-state index contributed by atoms with van der Waals surface area (Å²) in [5.41, 5.74) is 5.83. The molecule has 0 unspecified atom stereocenters. The van der Waals surface area contributed by atoms with Gasteiger partial charge in [-0.3, -0.25) is 9.59 Å². The van der Waals surface area contributed by atoms with E-state index in [1.54, 1.807) is 16.2 Å². The molecule has 180 valence electrons. The van der Waals surface area contributed by atoms with E-state index in [0.29, 0.717) is 19.3 Å². The number of rotatable bonds is 8. The standard InChI is InChI=1S/C26H31N3O3S2/c1-15(2)24(21-11-16(3)34-28-21)26(32)29-13-20(30)12-22(29)23(31)10-7-18-5-8-19(9-6-18)25-17(4)27-14-33-25/h5-6,8-9,11,14-15,20,22,24,30H,7,10,12-13H2,1-4H3/t20-,22+,24-/m1/s1. The summed E-state index contributed by atoms with van der Waals surface area (Å²) in [6, 6.07) is 9.61. The lowest BCUT2D eigenvalue weighted by molar-refractivity contribution is -0.139. The highest BCUT2D eigenvalue weighted by molar-refractivity contribution is 7.13. The number of hydrogen-bond donors (Lipinski definition) is 1. The number of thiazole rings is 1. The lowest BCUT2D eigenvalue weighted by Gasteiger charge is -2.29. The number of β-amino-alcohol motifs (C(OH)–C–C–N with tert-alkyl or cyclic N) is 1. The van der Waals surface area contributed by atoms with Gasteiger partial charge in [0.05, 0.1) is 39.8 Å². The van der Waals surface area contributed by atoms with Crippen molar-refractivity contribution in [3.8, 4) is 10.4 Å². The third kappa shape index (κ3) is 5.29. The molecule has 0 aliphatic carbocycles. The van der Waals surface area contributed by atoms with Gasteiger partial charge in [0.2, 0.25) is 5.91 Å². The van der Waals surface area contributed by atoms with Crippen LogP contribution in [-0.2, 0) is 16.0 Å². The van der Waals surface area contributed by atoms with Crippen molar-refractivity contribution < 1.29 is 14.7 Å². The molecule has 3 aromatic rings. The fraction of sp³-hybridized carbons (Fsp3) is 0.462. The zero-order valence-electron chi connectivity index (χ0n) is 20.0. The van der Waals surface area contributed by atoms with E-state index in [1.165, 1.54) is 11.5 Å². The van der Waals surface area contributed by atoms with E-state index in [2.05, 4.69) is 21.5 Å². The predicted molar refractivity (Wildman–Crippen MR) is 136 cm³/mol. The van der Waals surface area contributed by atoms with Crippen LogP contribution in [0.1, 0.15) is 54.4 Å². The second kappa shape index (κ2) is 10.5. The third-order valence-corrected chi connectivity index (χ3v) is 8.14. The van der Waals surface area contributed by atoms with E-state index < -0.39 is 18.1 Å². The molecule has 34 heavy (non-hydrogen) atoms. The Morgan fingerprint density at radius 2 is 1.94 bits per heavy atom. The van der Waals surface area contributed by atoms with E-state index in [0.717, 1.165) is 32.3 Å². The molecule has 1 fully saturated rings. The summed E-state index contributed by atoms with van der Waals surface area (Å²) in [7, 11) is 0. The van der Waals surface area contributed by atoms with Gasteiger partial charge in [-0.25, -0.2) is 4.98 Å². The van der Waals surface area contributed by atoms with Crippen molar-refractivity contribution in [1.29, 1.82) is 0 Å². The van der Waals surface area contributed by atoms with Gasteiger partial charge in [-0.05, 0) is 54.9 Å². The van der Waals surface area contributed by atoms with Crippen molar-refractivity contribution in [2.75, 3.05) is 6.54 Å². The Morgan fingerprint density at radius 3 is 2.53 bits per heavy atom. The first-order valence-electron chi connectivity index (χ1n) is 11.7. The van der Waals surface area contributed by atoms with Gasteiger partial charge in [-0.15, -0.1) is 11.3 Å². The molecular formula is C26H31N3O3S2. The number of Topliss-reactive ketones (excluding diaryl/α,β-unsaturated/α-hetero) is 1. The molecule has 0 bridgehead atoms. The molecule has 1 saturated heterocycles. The molecule has 0 radical (unpaired) electrons. The second-order valence-corrected chi connectivity index (χ2v) is 11.3. The van der Waals surface area contributed by atoms with Gasteiger partial charge in [0.25, 0.3) is 0 Å². The van der Waals surface area contributed by atoms with Gasteiger partial charge < -0.3 is 10.0 Å². The highest BCUT2D eigenvalue weighted by atomic mass is 32.1. The average Bonchev–Trinajstić information content (AvgIpc) is 3.52. The number of benzene rings is 1. The normalized spacial score (nSPS) is 19.1. The molecule has 3 atom stereocenters. The number of aliphatic hydroxyl groups excluding tert-OH is 1. The predicted octanol–water partition coefficient (Wildman–Crippen LogP) is 4.79. The van der Waals surface area contributed by atoms with Crippen LogP contribution in [0.2, 0.25) is 0 Å². The summed E-state index contributed by atoms with van der Waals surface area (Å²) in [6.07, 6.45) is 0.566. The molecule has 1 aliphatic heterocycles.